The van der Waals surface area contributed by atoms with Gasteiger partial charge in [-0.15, -0.1) is 0 Å². The summed E-state index contributed by atoms with van der Waals surface area (Å²) in [7, 11) is 5.62. The van der Waals surface area contributed by atoms with Crippen LogP contribution in [0.2, 0.25) is 0 Å². The van der Waals surface area contributed by atoms with Crippen LogP contribution in [0.25, 0.3) is 0 Å². The zero-order valence-electron chi connectivity index (χ0n) is 14.7. The van der Waals surface area contributed by atoms with E-state index in [1.54, 1.807) is 7.11 Å². The monoisotopic (exact) mass is 326 g/mol. The van der Waals surface area contributed by atoms with E-state index in [-0.39, 0.29) is 0 Å². The highest BCUT2D eigenvalue weighted by atomic mass is 16.5. The van der Waals surface area contributed by atoms with E-state index >= 15 is 0 Å². The van der Waals surface area contributed by atoms with Gasteiger partial charge in [-0.25, -0.2) is 0 Å². The number of aromatic nitrogens is 1. The lowest BCUT2D eigenvalue weighted by Crippen LogP contribution is -2.39. The Morgan fingerprint density at radius 2 is 2.08 bits per heavy atom. The van der Waals surface area contributed by atoms with Gasteiger partial charge < -0.3 is 19.5 Å². The summed E-state index contributed by atoms with van der Waals surface area (Å²) in [6.07, 6.45) is 3.21. The smallest absolute Gasteiger partial charge is 0.193 e. The predicted molar refractivity (Wildman–Crippen MR) is 97.5 cm³/mol. The van der Waals surface area contributed by atoms with E-state index in [1.165, 1.54) is 11.3 Å². The lowest BCUT2D eigenvalue weighted by Gasteiger charge is -2.22. The van der Waals surface area contributed by atoms with Crippen LogP contribution in [0.4, 0.5) is 0 Å². The van der Waals surface area contributed by atoms with Gasteiger partial charge in [-0.05, 0) is 36.2 Å². The quantitative estimate of drug-likeness (QED) is 0.694. The summed E-state index contributed by atoms with van der Waals surface area (Å²) in [4.78, 5) is 6.80. The fourth-order valence-electron chi connectivity index (χ4n) is 3.28. The molecule has 5 heteroatoms. The van der Waals surface area contributed by atoms with E-state index in [4.69, 9.17) is 4.74 Å². The summed E-state index contributed by atoms with van der Waals surface area (Å²) >= 11 is 0. The molecule has 2 aromatic rings. The van der Waals surface area contributed by atoms with Crippen LogP contribution in [-0.4, -0.2) is 42.7 Å². The average Bonchev–Trinajstić information content (AvgIpc) is 3.25. The van der Waals surface area contributed by atoms with E-state index in [0.717, 1.165) is 37.8 Å². The number of benzene rings is 1. The molecule has 2 heterocycles. The van der Waals surface area contributed by atoms with Crippen molar-refractivity contribution in [1.29, 1.82) is 0 Å². The molecule has 0 radical (unpaired) electrons. The lowest BCUT2D eigenvalue weighted by molar-refractivity contribution is 0.414. The van der Waals surface area contributed by atoms with Crippen molar-refractivity contribution in [3.05, 3.63) is 53.9 Å². The Balaban J connectivity index is 1.59. The zero-order valence-corrected chi connectivity index (χ0v) is 14.7. The van der Waals surface area contributed by atoms with Crippen LogP contribution in [0.15, 0.2) is 47.6 Å². The van der Waals surface area contributed by atoms with Crippen LogP contribution in [0.5, 0.6) is 5.75 Å². The molecule has 128 valence electrons. The van der Waals surface area contributed by atoms with Gasteiger partial charge in [0.15, 0.2) is 5.96 Å². The number of aryl methyl sites for hydroxylation is 1. The number of hydrogen-bond donors (Lipinski definition) is 1. The van der Waals surface area contributed by atoms with Crippen LogP contribution >= 0.6 is 0 Å². The summed E-state index contributed by atoms with van der Waals surface area (Å²) < 4.78 is 7.37. The maximum Gasteiger partial charge on any atom is 0.193 e. The van der Waals surface area contributed by atoms with Crippen molar-refractivity contribution in [1.82, 2.24) is 14.8 Å². The molecule has 5 nitrogen and oxygen atoms in total. The Labute approximate surface area is 144 Å². The number of aliphatic imine (C=N–C) groups is 1. The first-order valence-electron chi connectivity index (χ1n) is 8.41. The van der Waals surface area contributed by atoms with Crippen LogP contribution in [0.3, 0.4) is 0 Å². The van der Waals surface area contributed by atoms with Gasteiger partial charge in [-0.2, -0.15) is 0 Å². The lowest BCUT2D eigenvalue weighted by atomic mass is 9.98. The van der Waals surface area contributed by atoms with Gasteiger partial charge in [-0.1, -0.05) is 12.1 Å². The first kappa shape index (κ1) is 16.4. The summed E-state index contributed by atoms with van der Waals surface area (Å²) in [5, 5.41) is 3.48. The molecule has 24 heavy (non-hydrogen) atoms. The average molecular weight is 326 g/mol. The highest BCUT2D eigenvalue weighted by Crippen LogP contribution is 2.28. The Kier molecular flexibility index (Phi) is 5.08. The van der Waals surface area contributed by atoms with Gasteiger partial charge in [0.25, 0.3) is 0 Å². The number of hydrogen-bond acceptors (Lipinski definition) is 2. The van der Waals surface area contributed by atoms with Crippen molar-refractivity contribution >= 4 is 5.96 Å². The molecular formula is C19H26N4O. The third-order valence-electron chi connectivity index (χ3n) is 4.77. The summed E-state index contributed by atoms with van der Waals surface area (Å²) in [5.41, 5.74) is 2.62. The fourth-order valence-corrected chi connectivity index (χ4v) is 3.28. The third-order valence-corrected chi connectivity index (χ3v) is 4.77. The van der Waals surface area contributed by atoms with Gasteiger partial charge in [-0.3, -0.25) is 4.99 Å². The molecule has 0 bridgehead atoms. The SMILES string of the molecule is CN=C(NCc1cccn1C)N1CCC(c2ccc(OC)cc2)C1. The number of methoxy groups -OCH3 is 1. The standard InChI is InChI=1S/C19H26N4O/c1-20-19(21-13-17-5-4-11-22(17)2)23-12-10-16(14-23)15-6-8-18(24-3)9-7-15/h4-9,11,16H,10,12-14H2,1-3H3,(H,20,21). The van der Waals surface area contributed by atoms with Gasteiger partial charge in [0.05, 0.1) is 13.7 Å². The zero-order chi connectivity index (χ0) is 16.9. The van der Waals surface area contributed by atoms with E-state index in [2.05, 4.69) is 57.3 Å². The number of nitrogens with zero attached hydrogens (tertiary/aromatic N) is 3. The van der Waals surface area contributed by atoms with Crippen LogP contribution < -0.4 is 10.1 Å². The molecule has 1 aromatic carbocycles. The molecule has 1 saturated heterocycles. The third kappa shape index (κ3) is 3.55. The first-order valence-corrected chi connectivity index (χ1v) is 8.41. The summed E-state index contributed by atoms with van der Waals surface area (Å²) in [6, 6.07) is 12.6. The minimum Gasteiger partial charge on any atom is -0.497 e. The number of rotatable bonds is 4. The Hall–Kier alpha value is -2.43. The number of likely N-dealkylation sites (tertiary alicyclic amines) is 1. The van der Waals surface area contributed by atoms with Gasteiger partial charge >= 0.3 is 0 Å². The van der Waals surface area contributed by atoms with Gasteiger partial charge in [0, 0.05) is 45.0 Å². The molecule has 3 rings (SSSR count). The van der Waals surface area contributed by atoms with Crippen molar-refractivity contribution in [3.63, 3.8) is 0 Å². The van der Waals surface area contributed by atoms with Crippen molar-refractivity contribution in [2.75, 3.05) is 27.2 Å². The number of nitrogens with one attached hydrogen (secondary N) is 1. The number of ether oxygens (including phenoxy) is 1. The van der Waals surface area contributed by atoms with E-state index in [0.29, 0.717) is 5.92 Å². The second-order valence-electron chi connectivity index (χ2n) is 6.22. The normalized spacial score (nSPS) is 18.0. The molecule has 1 aliphatic heterocycles. The minimum absolute atomic E-state index is 0.546. The van der Waals surface area contributed by atoms with Crippen molar-refractivity contribution in [2.45, 2.75) is 18.9 Å². The Bertz CT molecular complexity index is 690. The minimum atomic E-state index is 0.546. The maximum absolute atomic E-state index is 5.24. The predicted octanol–water partition coefficient (Wildman–Crippen LogP) is 2.60. The van der Waals surface area contributed by atoms with Crippen LogP contribution in [0, 0.1) is 0 Å². The highest BCUT2D eigenvalue weighted by molar-refractivity contribution is 5.80. The van der Waals surface area contributed by atoms with Crippen LogP contribution in [-0.2, 0) is 13.6 Å². The molecule has 1 unspecified atom stereocenters. The molecule has 1 fully saturated rings. The highest BCUT2D eigenvalue weighted by Gasteiger charge is 2.26. The second-order valence-corrected chi connectivity index (χ2v) is 6.22. The van der Waals surface area contributed by atoms with Crippen molar-refractivity contribution < 1.29 is 4.74 Å². The van der Waals surface area contributed by atoms with Gasteiger partial charge in [0.1, 0.15) is 5.75 Å². The van der Waals surface area contributed by atoms with E-state index < -0.39 is 0 Å². The largest absolute Gasteiger partial charge is 0.497 e. The molecule has 1 aromatic heterocycles. The Morgan fingerprint density at radius 1 is 1.29 bits per heavy atom. The van der Waals surface area contributed by atoms with Crippen LogP contribution in [0.1, 0.15) is 23.6 Å². The molecule has 1 N–H and O–H groups in total. The van der Waals surface area contributed by atoms with E-state index in [9.17, 15) is 0 Å². The Morgan fingerprint density at radius 3 is 2.71 bits per heavy atom. The van der Waals surface area contributed by atoms with Gasteiger partial charge in [0.2, 0.25) is 0 Å². The second kappa shape index (κ2) is 7.43. The topological polar surface area (TPSA) is 41.8 Å². The van der Waals surface area contributed by atoms with Crippen molar-refractivity contribution in [2.24, 2.45) is 12.0 Å². The summed E-state index contributed by atoms with van der Waals surface area (Å²) in [6.45, 7) is 2.82. The molecular weight excluding hydrogens is 300 g/mol. The molecule has 0 amide bonds. The molecule has 0 saturated carbocycles. The molecule has 0 spiro atoms. The maximum atomic E-state index is 5.24. The number of guanidine groups is 1. The van der Waals surface area contributed by atoms with E-state index in [1.807, 2.05) is 19.2 Å². The molecule has 1 aliphatic rings. The van der Waals surface area contributed by atoms with Crippen molar-refractivity contribution in [3.8, 4) is 5.75 Å². The molecule has 1 atom stereocenters. The summed E-state index contributed by atoms with van der Waals surface area (Å²) in [5.74, 6) is 2.44. The first-order chi connectivity index (χ1) is 11.7. The fraction of sp³-hybridized carbons (Fsp3) is 0.421. The molecule has 0 aliphatic carbocycles.